The molecule has 1 heterocycles. The lowest BCUT2D eigenvalue weighted by Crippen LogP contribution is -2.08. The zero-order chi connectivity index (χ0) is 12.7. The summed E-state index contributed by atoms with van der Waals surface area (Å²) >= 11 is 4.69. The number of aryl methyl sites for hydroxylation is 1. The number of hydrogen-bond acceptors (Lipinski definition) is 3. The summed E-state index contributed by atoms with van der Waals surface area (Å²) in [6.07, 6.45) is 2.41. The topological polar surface area (TPSA) is 30.0 Å². The highest BCUT2D eigenvalue weighted by Gasteiger charge is 2.22. The van der Waals surface area contributed by atoms with Crippen molar-refractivity contribution < 1.29 is 9.18 Å². The summed E-state index contributed by atoms with van der Waals surface area (Å²) in [6, 6.07) is 4.79. The molecule has 0 saturated heterocycles. The average molecular weight is 326 g/mol. The van der Waals surface area contributed by atoms with E-state index in [-0.39, 0.29) is 11.6 Å². The Hall–Kier alpha value is -1.07. The van der Waals surface area contributed by atoms with E-state index in [4.69, 9.17) is 0 Å². The highest BCUT2D eigenvalue weighted by atomic mass is 79.9. The van der Waals surface area contributed by atoms with Gasteiger partial charge >= 0.3 is 0 Å². The maximum absolute atomic E-state index is 13.2. The molecular weight excluding hydrogens is 317 g/mol. The van der Waals surface area contributed by atoms with Crippen molar-refractivity contribution >= 4 is 33.0 Å². The fraction of sp³-hybridized carbons (Fsp3) is 0.231. The first kappa shape index (κ1) is 12.0. The van der Waals surface area contributed by atoms with Gasteiger partial charge in [-0.3, -0.25) is 4.79 Å². The smallest absolute Gasteiger partial charge is 0.182 e. The number of fused-ring (bicyclic) bond motifs is 1. The predicted molar refractivity (Wildman–Crippen MR) is 72.5 cm³/mol. The Morgan fingerprint density at radius 2 is 2.17 bits per heavy atom. The van der Waals surface area contributed by atoms with Crippen molar-refractivity contribution in [3.8, 4) is 10.6 Å². The van der Waals surface area contributed by atoms with E-state index in [1.54, 1.807) is 12.1 Å². The van der Waals surface area contributed by atoms with Crippen LogP contribution in [0, 0.1) is 5.82 Å². The summed E-state index contributed by atoms with van der Waals surface area (Å²) in [5, 5.41) is 0.788. The SMILES string of the molecule is O=C1CCCc2sc(-c3ccc(F)c(Br)c3)nc21. The second-order valence-electron chi connectivity index (χ2n) is 4.20. The third-order valence-corrected chi connectivity index (χ3v) is 4.71. The number of ketones is 1. The van der Waals surface area contributed by atoms with Crippen molar-refractivity contribution in [2.45, 2.75) is 19.3 Å². The van der Waals surface area contributed by atoms with Gasteiger partial charge in [0.05, 0.1) is 4.47 Å². The Morgan fingerprint density at radius 3 is 2.89 bits per heavy atom. The minimum absolute atomic E-state index is 0.125. The van der Waals surface area contributed by atoms with Crippen molar-refractivity contribution in [2.24, 2.45) is 0 Å². The van der Waals surface area contributed by atoms with Crippen LogP contribution in [0.5, 0.6) is 0 Å². The molecule has 0 N–H and O–H groups in total. The van der Waals surface area contributed by atoms with Crippen molar-refractivity contribution in [1.82, 2.24) is 4.98 Å². The molecule has 0 bridgehead atoms. The Bertz CT molecular complexity index is 638. The van der Waals surface area contributed by atoms with Gasteiger partial charge in [-0.25, -0.2) is 9.37 Å². The largest absolute Gasteiger partial charge is 0.292 e. The number of aromatic nitrogens is 1. The second kappa shape index (κ2) is 4.55. The van der Waals surface area contributed by atoms with Crippen LogP contribution in [-0.4, -0.2) is 10.8 Å². The quantitative estimate of drug-likeness (QED) is 0.785. The second-order valence-corrected chi connectivity index (χ2v) is 6.13. The average Bonchev–Trinajstić information content (AvgIpc) is 2.78. The van der Waals surface area contributed by atoms with Crippen LogP contribution in [0.1, 0.15) is 28.2 Å². The van der Waals surface area contributed by atoms with Crippen LogP contribution in [0.2, 0.25) is 0 Å². The summed E-state index contributed by atoms with van der Waals surface area (Å²) in [4.78, 5) is 17.2. The van der Waals surface area contributed by atoms with E-state index in [0.717, 1.165) is 28.3 Å². The van der Waals surface area contributed by atoms with Gasteiger partial charge in [-0.05, 0) is 47.0 Å². The standard InChI is InChI=1S/C13H9BrFNOS/c14-8-6-7(4-5-9(8)15)13-16-12-10(17)2-1-3-11(12)18-13/h4-6H,1-3H2. The van der Waals surface area contributed by atoms with Crippen LogP contribution in [-0.2, 0) is 6.42 Å². The van der Waals surface area contributed by atoms with Gasteiger partial charge in [0.2, 0.25) is 0 Å². The van der Waals surface area contributed by atoms with Gasteiger partial charge in [0.15, 0.2) is 5.78 Å². The summed E-state index contributed by atoms with van der Waals surface area (Å²) in [5.41, 5.74) is 1.46. The molecule has 0 amide bonds. The molecule has 1 aliphatic carbocycles. The number of nitrogens with zero attached hydrogens (tertiary/aromatic N) is 1. The summed E-state index contributed by atoms with van der Waals surface area (Å²) in [7, 11) is 0. The van der Waals surface area contributed by atoms with Crippen molar-refractivity contribution in [1.29, 1.82) is 0 Å². The van der Waals surface area contributed by atoms with Gasteiger partial charge < -0.3 is 0 Å². The van der Waals surface area contributed by atoms with Crippen LogP contribution < -0.4 is 0 Å². The minimum atomic E-state index is -0.295. The Morgan fingerprint density at radius 1 is 1.33 bits per heavy atom. The van der Waals surface area contributed by atoms with Gasteiger partial charge in [-0.1, -0.05) is 0 Å². The van der Waals surface area contributed by atoms with Gasteiger partial charge in [-0.15, -0.1) is 11.3 Å². The number of benzene rings is 1. The lowest BCUT2D eigenvalue weighted by molar-refractivity contribution is 0.0968. The van der Waals surface area contributed by atoms with Crippen molar-refractivity contribution in [3.05, 3.63) is 39.1 Å². The third-order valence-electron chi connectivity index (χ3n) is 2.94. The molecule has 0 fully saturated rings. The van der Waals surface area contributed by atoms with Crippen LogP contribution in [0.3, 0.4) is 0 Å². The Kier molecular flexibility index (Phi) is 3.03. The first-order chi connectivity index (χ1) is 8.65. The Balaban J connectivity index is 2.07. The summed E-state index contributed by atoms with van der Waals surface area (Å²) in [5.74, 6) is -0.170. The fourth-order valence-electron chi connectivity index (χ4n) is 2.02. The van der Waals surface area contributed by atoms with E-state index in [9.17, 15) is 9.18 Å². The molecule has 2 nitrogen and oxygen atoms in total. The molecule has 0 atom stereocenters. The number of halogens is 2. The Labute approximate surface area is 116 Å². The molecule has 0 spiro atoms. The van der Waals surface area contributed by atoms with E-state index in [1.165, 1.54) is 17.4 Å². The van der Waals surface area contributed by atoms with Crippen LogP contribution in [0.25, 0.3) is 10.6 Å². The first-order valence-electron chi connectivity index (χ1n) is 5.63. The van der Waals surface area contributed by atoms with Crippen molar-refractivity contribution in [2.75, 3.05) is 0 Å². The molecule has 0 aliphatic heterocycles. The summed E-state index contributed by atoms with van der Waals surface area (Å²) in [6.45, 7) is 0. The zero-order valence-electron chi connectivity index (χ0n) is 9.37. The van der Waals surface area contributed by atoms with E-state index in [1.807, 2.05) is 0 Å². The van der Waals surface area contributed by atoms with E-state index < -0.39 is 0 Å². The molecule has 1 aliphatic rings. The normalized spacial score (nSPS) is 14.7. The molecule has 3 rings (SSSR count). The minimum Gasteiger partial charge on any atom is -0.292 e. The molecule has 1 aromatic carbocycles. The van der Waals surface area contributed by atoms with Gasteiger partial charge in [0, 0.05) is 16.9 Å². The molecule has 0 saturated carbocycles. The lowest BCUT2D eigenvalue weighted by atomic mass is 10.0. The first-order valence-corrected chi connectivity index (χ1v) is 7.24. The predicted octanol–water partition coefficient (Wildman–Crippen LogP) is 4.23. The molecule has 18 heavy (non-hydrogen) atoms. The van der Waals surface area contributed by atoms with E-state index in [0.29, 0.717) is 16.6 Å². The highest BCUT2D eigenvalue weighted by Crippen LogP contribution is 2.34. The lowest BCUT2D eigenvalue weighted by Gasteiger charge is -2.06. The van der Waals surface area contributed by atoms with Gasteiger partial charge in [-0.2, -0.15) is 0 Å². The molecule has 0 unspecified atom stereocenters. The van der Waals surface area contributed by atoms with Gasteiger partial charge in [0.25, 0.3) is 0 Å². The molecular formula is C13H9BrFNOS. The van der Waals surface area contributed by atoms with E-state index in [2.05, 4.69) is 20.9 Å². The number of hydrogen-bond donors (Lipinski definition) is 0. The monoisotopic (exact) mass is 325 g/mol. The number of rotatable bonds is 1. The number of carbonyl (C=O) groups excluding carboxylic acids is 1. The number of Topliss-reactive ketones (excluding diaryl/α,β-unsaturated/α-hetero) is 1. The van der Waals surface area contributed by atoms with Crippen molar-refractivity contribution in [3.63, 3.8) is 0 Å². The highest BCUT2D eigenvalue weighted by molar-refractivity contribution is 9.10. The van der Waals surface area contributed by atoms with Gasteiger partial charge in [0.1, 0.15) is 16.5 Å². The summed E-state index contributed by atoms with van der Waals surface area (Å²) < 4.78 is 13.6. The van der Waals surface area contributed by atoms with E-state index >= 15 is 0 Å². The van der Waals surface area contributed by atoms with Crippen LogP contribution in [0.15, 0.2) is 22.7 Å². The molecule has 5 heteroatoms. The van der Waals surface area contributed by atoms with Crippen LogP contribution >= 0.6 is 27.3 Å². The third kappa shape index (κ3) is 2.01. The number of carbonyl (C=O) groups is 1. The maximum atomic E-state index is 13.2. The van der Waals surface area contributed by atoms with Crippen LogP contribution in [0.4, 0.5) is 4.39 Å². The molecule has 0 radical (unpaired) electrons. The fourth-order valence-corrected chi connectivity index (χ4v) is 3.52. The zero-order valence-corrected chi connectivity index (χ0v) is 11.8. The number of thiazole rings is 1. The molecule has 92 valence electrons. The molecule has 1 aromatic heterocycles. The maximum Gasteiger partial charge on any atom is 0.182 e. The molecule has 2 aromatic rings.